The number of oxime groups is 1. The second-order valence-corrected chi connectivity index (χ2v) is 5.42. The van der Waals surface area contributed by atoms with Crippen LogP contribution in [0.15, 0.2) is 34.3 Å². The number of amides is 1. The van der Waals surface area contributed by atoms with Crippen molar-refractivity contribution < 1.29 is 10.0 Å². The first-order chi connectivity index (χ1) is 9.15. The quantitative estimate of drug-likeness (QED) is 0.251. The summed E-state index contributed by atoms with van der Waals surface area (Å²) < 4.78 is 0. The first kappa shape index (κ1) is 13.7. The van der Waals surface area contributed by atoms with E-state index >= 15 is 0 Å². The lowest BCUT2D eigenvalue weighted by molar-refractivity contribution is 0.0943. The van der Waals surface area contributed by atoms with Crippen LogP contribution in [-0.2, 0) is 0 Å². The molecule has 19 heavy (non-hydrogen) atoms. The lowest BCUT2D eigenvalue weighted by Crippen LogP contribution is -2.46. The summed E-state index contributed by atoms with van der Waals surface area (Å²) in [6, 6.07) is 6.97. The standard InChI is InChI=1S/C13H17N3O2S/c1-19-10-6-4-9(5-7-10)13(17)15-11(8-2-3-8)12(14)16-18/h4-8,11,18H,2-3H2,1H3,(H2,14,16)(H,15,17). The van der Waals surface area contributed by atoms with Crippen LogP contribution in [0.2, 0.25) is 0 Å². The van der Waals surface area contributed by atoms with Gasteiger partial charge in [-0.05, 0) is 49.3 Å². The lowest BCUT2D eigenvalue weighted by Gasteiger charge is -2.16. The Kier molecular flexibility index (Phi) is 4.31. The number of rotatable bonds is 5. The predicted octanol–water partition coefficient (Wildman–Crippen LogP) is 1.66. The fraction of sp³-hybridized carbons (Fsp3) is 0.385. The number of thioether (sulfide) groups is 1. The molecule has 1 aliphatic rings. The Hall–Kier alpha value is -1.69. The highest BCUT2D eigenvalue weighted by molar-refractivity contribution is 7.98. The minimum atomic E-state index is -0.377. The molecule has 0 saturated heterocycles. The van der Waals surface area contributed by atoms with Gasteiger partial charge in [0.05, 0.1) is 6.04 Å². The highest BCUT2D eigenvalue weighted by Crippen LogP contribution is 2.32. The predicted molar refractivity (Wildman–Crippen MR) is 75.6 cm³/mol. The molecule has 0 aromatic heterocycles. The van der Waals surface area contributed by atoms with E-state index in [1.165, 1.54) is 0 Å². The van der Waals surface area contributed by atoms with Gasteiger partial charge in [-0.1, -0.05) is 5.16 Å². The smallest absolute Gasteiger partial charge is 0.251 e. The van der Waals surface area contributed by atoms with Gasteiger partial charge in [-0.3, -0.25) is 4.79 Å². The summed E-state index contributed by atoms with van der Waals surface area (Å²) in [4.78, 5) is 13.2. The number of carbonyl (C=O) groups excluding carboxylic acids is 1. The highest BCUT2D eigenvalue weighted by Gasteiger charge is 2.35. The number of nitrogens with zero attached hydrogens (tertiary/aromatic N) is 1. The molecule has 102 valence electrons. The maximum absolute atomic E-state index is 12.1. The molecule has 0 radical (unpaired) electrons. The third-order valence-corrected chi connectivity index (χ3v) is 3.91. The largest absolute Gasteiger partial charge is 0.409 e. The molecule has 0 heterocycles. The molecule has 1 aliphatic carbocycles. The van der Waals surface area contributed by atoms with Crippen molar-refractivity contribution >= 4 is 23.5 Å². The van der Waals surface area contributed by atoms with Gasteiger partial charge in [-0.25, -0.2) is 0 Å². The van der Waals surface area contributed by atoms with Crippen LogP contribution < -0.4 is 11.1 Å². The number of nitrogens with two attached hydrogens (primary N) is 1. The molecule has 0 spiro atoms. The summed E-state index contributed by atoms with van der Waals surface area (Å²) in [7, 11) is 0. The Labute approximate surface area is 116 Å². The average Bonchev–Trinajstić information content (AvgIpc) is 3.28. The van der Waals surface area contributed by atoms with Crippen molar-refractivity contribution in [3.63, 3.8) is 0 Å². The first-order valence-corrected chi connectivity index (χ1v) is 7.30. The number of nitrogens with one attached hydrogen (secondary N) is 1. The Morgan fingerprint density at radius 1 is 1.47 bits per heavy atom. The van der Waals surface area contributed by atoms with E-state index in [0.29, 0.717) is 5.56 Å². The topological polar surface area (TPSA) is 87.7 Å². The van der Waals surface area contributed by atoms with E-state index in [1.807, 2.05) is 18.4 Å². The maximum Gasteiger partial charge on any atom is 0.251 e. The molecule has 1 aromatic carbocycles. The van der Waals surface area contributed by atoms with Gasteiger partial charge >= 0.3 is 0 Å². The molecule has 1 saturated carbocycles. The van der Waals surface area contributed by atoms with Gasteiger partial charge in [0.2, 0.25) is 0 Å². The van der Waals surface area contributed by atoms with Crippen LogP contribution in [-0.4, -0.2) is 29.2 Å². The van der Waals surface area contributed by atoms with Gasteiger partial charge in [-0.2, -0.15) is 0 Å². The van der Waals surface area contributed by atoms with Crippen molar-refractivity contribution in [2.24, 2.45) is 16.8 Å². The lowest BCUT2D eigenvalue weighted by atomic mass is 10.1. The molecule has 2 rings (SSSR count). The van der Waals surface area contributed by atoms with Crippen molar-refractivity contribution in [1.82, 2.24) is 5.32 Å². The number of benzene rings is 1. The number of hydrogen-bond donors (Lipinski definition) is 3. The Morgan fingerprint density at radius 2 is 2.11 bits per heavy atom. The molecule has 1 atom stereocenters. The van der Waals surface area contributed by atoms with Crippen molar-refractivity contribution in [2.45, 2.75) is 23.8 Å². The maximum atomic E-state index is 12.1. The zero-order valence-electron chi connectivity index (χ0n) is 10.7. The fourth-order valence-corrected chi connectivity index (χ4v) is 2.30. The zero-order valence-corrected chi connectivity index (χ0v) is 11.5. The third kappa shape index (κ3) is 3.41. The molecule has 1 amide bonds. The normalized spacial score (nSPS) is 17.0. The molecular weight excluding hydrogens is 262 g/mol. The minimum Gasteiger partial charge on any atom is -0.409 e. The molecule has 1 fully saturated rings. The van der Waals surface area contributed by atoms with E-state index in [-0.39, 0.29) is 23.7 Å². The van der Waals surface area contributed by atoms with Crippen LogP contribution in [0, 0.1) is 5.92 Å². The SMILES string of the molecule is CSc1ccc(C(=O)NC(C(N)=NO)C2CC2)cc1. The molecule has 0 bridgehead atoms. The van der Waals surface area contributed by atoms with Crippen LogP contribution in [0.5, 0.6) is 0 Å². The second-order valence-electron chi connectivity index (χ2n) is 4.54. The van der Waals surface area contributed by atoms with Gasteiger partial charge in [0, 0.05) is 10.5 Å². The van der Waals surface area contributed by atoms with Crippen molar-refractivity contribution in [3.8, 4) is 0 Å². The monoisotopic (exact) mass is 279 g/mol. The Bertz CT molecular complexity index is 483. The molecular formula is C13H17N3O2S. The Balaban J connectivity index is 2.06. The van der Waals surface area contributed by atoms with Crippen LogP contribution in [0.3, 0.4) is 0 Å². The van der Waals surface area contributed by atoms with E-state index in [0.717, 1.165) is 17.7 Å². The van der Waals surface area contributed by atoms with Crippen molar-refractivity contribution in [2.75, 3.05) is 6.26 Å². The summed E-state index contributed by atoms with van der Waals surface area (Å²) in [6.07, 6.45) is 3.97. The molecule has 1 unspecified atom stereocenters. The van der Waals surface area contributed by atoms with Crippen LogP contribution in [0.4, 0.5) is 0 Å². The number of hydrogen-bond acceptors (Lipinski definition) is 4. The molecule has 1 aromatic rings. The number of amidine groups is 1. The van der Waals surface area contributed by atoms with Gasteiger partial charge in [0.1, 0.15) is 0 Å². The van der Waals surface area contributed by atoms with Crippen molar-refractivity contribution in [3.05, 3.63) is 29.8 Å². The molecule has 4 N–H and O–H groups in total. The van der Waals surface area contributed by atoms with Gasteiger partial charge in [0.15, 0.2) is 5.84 Å². The second kappa shape index (κ2) is 5.97. The van der Waals surface area contributed by atoms with Crippen LogP contribution in [0.25, 0.3) is 0 Å². The van der Waals surface area contributed by atoms with E-state index in [1.54, 1.807) is 23.9 Å². The van der Waals surface area contributed by atoms with E-state index < -0.39 is 0 Å². The summed E-state index contributed by atoms with van der Waals surface area (Å²) in [6.45, 7) is 0. The van der Waals surface area contributed by atoms with Gasteiger partial charge < -0.3 is 16.3 Å². The van der Waals surface area contributed by atoms with Gasteiger partial charge in [-0.15, -0.1) is 11.8 Å². The first-order valence-electron chi connectivity index (χ1n) is 6.08. The fourth-order valence-electron chi connectivity index (χ4n) is 1.89. The minimum absolute atomic E-state index is 0.0663. The van der Waals surface area contributed by atoms with E-state index in [9.17, 15) is 4.79 Å². The zero-order chi connectivity index (χ0) is 13.8. The summed E-state index contributed by atoms with van der Waals surface area (Å²) in [5.74, 6) is 0.151. The molecule has 0 aliphatic heterocycles. The molecule has 6 heteroatoms. The van der Waals surface area contributed by atoms with E-state index in [2.05, 4.69) is 10.5 Å². The van der Waals surface area contributed by atoms with Crippen LogP contribution in [0.1, 0.15) is 23.2 Å². The van der Waals surface area contributed by atoms with E-state index in [4.69, 9.17) is 10.9 Å². The number of carbonyl (C=O) groups is 1. The van der Waals surface area contributed by atoms with Crippen LogP contribution >= 0.6 is 11.8 Å². The summed E-state index contributed by atoms with van der Waals surface area (Å²) >= 11 is 1.62. The Morgan fingerprint density at radius 3 is 2.58 bits per heavy atom. The third-order valence-electron chi connectivity index (χ3n) is 3.17. The summed E-state index contributed by atoms with van der Waals surface area (Å²) in [5.41, 5.74) is 6.19. The van der Waals surface area contributed by atoms with Gasteiger partial charge in [0.25, 0.3) is 5.91 Å². The highest BCUT2D eigenvalue weighted by atomic mass is 32.2. The average molecular weight is 279 g/mol. The molecule has 5 nitrogen and oxygen atoms in total. The summed E-state index contributed by atoms with van der Waals surface area (Å²) in [5, 5.41) is 14.6. The van der Waals surface area contributed by atoms with Crippen molar-refractivity contribution in [1.29, 1.82) is 0 Å².